The Morgan fingerprint density at radius 3 is 2.76 bits per heavy atom. The standard InChI is InChI=1S/C15H20BrFN2O2/c16-12-9-11(1-2-13(12)17)3-6-19-14(20)15(10-18)4-7-21-8-5-15/h1-2,9H,3-8,10,18H2,(H,19,20). The molecule has 1 saturated heterocycles. The van der Waals surface area contributed by atoms with Gasteiger partial charge in [0.25, 0.3) is 0 Å². The van der Waals surface area contributed by atoms with E-state index in [2.05, 4.69) is 21.2 Å². The molecule has 6 heteroatoms. The average Bonchev–Trinajstić information content (AvgIpc) is 2.51. The molecule has 0 unspecified atom stereocenters. The molecule has 0 aromatic heterocycles. The van der Waals surface area contributed by atoms with E-state index < -0.39 is 5.41 Å². The molecule has 0 atom stereocenters. The molecule has 1 aromatic carbocycles. The third kappa shape index (κ3) is 4.02. The minimum atomic E-state index is -0.498. The van der Waals surface area contributed by atoms with Crippen LogP contribution in [0.25, 0.3) is 0 Å². The summed E-state index contributed by atoms with van der Waals surface area (Å²) >= 11 is 3.16. The number of hydrogen-bond donors (Lipinski definition) is 2. The van der Waals surface area contributed by atoms with Crippen LogP contribution in [0.15, 0.2) is 22.7 Å². The number of amides is 1. The summed E-state index contributed by atoms with van der Waals surface area (Å²) in [6.45, 7) is 2.01. The fourth-order valence-corrected chi connectivity index (χ4v) is 2.92. The van der Waals surface area contributed by atoms with Crippen LogP contribution in [0.2, 0.25) is 0 Å². The van der Waals surface area contributed by atoms with Crippen LogP contribution in [0.1, 0.15) is 18.4 Å². The highest BCUT2D eigenvalue weighted by atomic mass is 79.9. The molecule has 1 amide bonds. The fourth-order valence-electron chi connectivity index (χ4n) is 2.49. The fraction of sp³-hybridized carbons (Fsp3) is 0.533. The lowest BCUT2D eigenvalue weighted by Crippen LogP contribution is -2.49. The Labute approximate surface area is 132 Å². The second kappa shape index (κ2) is 7.33. The molecule has 0 bridgehead atoms. The summed E-state index contributed by atoms with van der Waals surface area (Å²) in [6.07, 6.45) is 1.98. The van der Waals surface area contributed by atoms with E-state index >= 15 is 0 Å². The lowest BCUT2D eigenvalue weighted by Gasteiger charge is -2.34. The number of hydrogen-bond acceptors (Lipinski definition) is 3. The van der Waals surface area contributed by atoms with E-state index in [1.807, 2.05) is 0 Å². The van der Waals surface area contributed by atoms with Gasteiger partial charge in [0, 0.05) is 26.3 Å². The van der Waals surface area contributed by atoms with Crippen molar-refractivity contribution in [1.29, 1.82) is 0 Å². The number of carbonyl (C=O) groups excluding carboxylic acids is 1. The molecule has 3 N–H and O–H groups in total. The van der Waals surface area contributed by atoms with Gasteiger partial charge in [0.05, 0.1) is 9.89 Å². The van der Waals surface area contributed by atoms with E-state index in [0.717, 1.165) is 5.56 Å². The van der Waals surface area contributed by atoms with Crippen molar-refractivity contribution in [2.45, 2.75) is 19.3 Å². The number of carbonyl (C=O) groups is 1. The number of halogens is 2. The van der Waals surface area contributed by atoms with Crippen LogP contribution >= 0.6 is 15.9 Å². The van der Waals surface area contributed by atoms with Crippen molar-refractivity contribution in [3.05, 3.63) is 34.1 Å². The summed E-state index contributed by atoms with van der Waals surface area (Å²) in [4.78, 5) is 12.3. The van der Waals surface area contributed by atoms with Crippen molar-refractivity contribution in [3.8, 4) is 0 Å². The first-order valence-electron chi connectivity index (χ1n) is 7.07. The molecule has 1 aliphatic heterocycles. The highest BCUT2D eigenvalue weighted by Crippen LogP contribution is 2.29. The SMILES string of the molecule is NCC1(C(=O)NCCc2ccc(F)c(Br)c2)CCOCC1. The summed E-state index contributed by atoms with van der Waals surface area (Å²) in [5.41, 5.74) is 6.27. The average molecular weight is 359 g/mol. The Kier molecular flexibility index (Phi) is 5.72. The van der Waals surface area contributed by atoms with Gasteiger partial charge in [-0.2, -0.15) is 0 Å². The zero-order valence-corrected chi connectivity index (χ0v) is 13.4. The molecule has 0 saturated carbocycles. The predicted octanol–water partition coefficient (Wildman–Crippen LogP) is 2.00. The smallest absolute Gasteiger partial charge is 0.227 e. The van der Waals surface area contributed by atoms with Gasteiger partial charge in [-0.1, -0.05) is 6.07 Å². The van der Waals surface area contributed by atoms with Crippen molar-refractivity contribution in [3.63, 3.8) is 0 Å². The number of nitrogens with one attached hydrogen (secondary N) is 1. The highest BCUT2D eigenvalue weighted by Gasteiger charge is 2.38. The van der Waals surface area contributed by atoms with Gasteiger partial charge in [-0.15, -0.1) is 0 Å². The Balaban J connectivity index is 1.87. The monoisotopic (exact) mass is 358 g/mol. The molecule has 21 heavy (non-hydrogen) atoms. The maximum absolute atomic E-state index is 13.1. The Morgan fingerprint density at radius 2 is 2.14 bits per heavy atom. The van der Waals surface area contributed by atoms with Crippen LogP contribution in [0.4, 0.5) is 4.39 Å². The molecule has 0 spiro atoms. The van der Waals surface area contributed by atoms with E-state index in [1.165, 1.54) is 6.07 Å². The molecule has 2 rings (SSSR count). The summed E-state index contributed by atoms with van der Waals surface area (Å²) in [5.74, 6) is -0.290. The zero-order chi connectivity index (χ0) is 15.3. The van der Waals surface area contributed by atoms with E-state index in [4.69, 9.17) is 10.5 Å². The van der Waals surface area contributed by atoms with Gasteiger partial charge in [0.1, 0.15) is 5.82 Å². The van der Waals surface area contributed by atoms with Gasteiger partial charge in [-0.3, -0.25) is 4.79 Å². The number of benzene rings is 1. The number of nitrogens with two attached hydrogens (primary N) is 1. The zero-order valence-electron chi connectivity index (χ0n) is 11.8. The number of ether oxygens (including phenoxy) is 1. The third-order valence-electron chi connectivity index (χ3n) is 4.01. The van der Waals surface area contributed by atoms with Crippen molar-refractivity contribution < 1.29 is 13.9 Å². The van der Waals surface area contributed by atoms with Crippen LogP contribution in [0.5, 0.6) is 0 Å². The van der Waals surface area contributed by atoms with E-state index in [-0.39, 0.29) is 11.7 Å². The Morgan fingerprint density at radius 1 is 1.43 bits per heavy atom. The van der Waals surface area contributed by atoms with Crippen LogP contribution < -0.4 is 11.1 Å². The third-order valence-corrected chi connectivity index (χ3v) is 4.61. The van der Waals surface area contributed by atoms with Crippen molar-refractivity contribution in [2.24, 2.45) is 11.1 Å². The summed E-state index contributed by atoms with van der Waals surface area (Å²) in [5, 5.41) is 2.94. The van der Waals surface area contributed by atoms with Gasteiger partial charge in [-0.25, -0.2) is 4.39 Å². The van der Waals surface area contributed by atoms with E-state index in [1.54, 1.807) is 12.1 Å². The highest BCUT2D eigenvalue weighted by molar-refractivity contribution is 9.10. The lowest BCUT2D eigenvalue weighted by atomic mass is 9.79. The number of rotatable bonds is 5. The van der Waals surface area contributed by atoms with Crippen molar-refractivity contribution in [2.75, 3.05) is 26.3 Å². The van der Waals surface area contributed by atoms with Crippen LogP contribution in [-0.2, 0) is 16.0 Å². The maximum atomic E-state index is 13.1. The normalized spacial score (nSPS) is 17.5. The summed E-state index contributed by atoms with van der Waals surface area (Å²) < 4.78 is 18.9. The van der Waals surface area contributed by atoms with Gasteiger partial charge in [0.2, 0.25) is 5.91 Å². The van der Waals surface area contributed by atoms with Crippen LogP contribution in [0.3, 0.4) is 0 Å². The molecule has 4 nitrogen and oxygen atoms in total. The first-order chi connectivity index (χ1) is 10.1. The van der Waals surface area contributed by atoms with Gasteiger partial charge >= 0.3 is 0 Å². The van der Waals surface area contributed by atoms with Crippen molar-refractivity contribution in [1.82, 2.24) is 5.32 Å². The first kappa shape index (κ1) is 16.4. The topological polar surface area (TPSA) is 64.4 Å². The van der Waals surface area contributed by atoms with Crippen molar-refractivity contribution >= 4 is 21.8 Å². The molecule has 1 heterocycles. The largest absolute Gasteiger partial charge is 0.381 e. The molecule has 116 valence electrons. The summed E-state index contributed by atoms with van der Waals surface area (Å²) in [7, 11) is 0. The van der Waals surface area contributed by atoms with Crippen LogP contribution in [0, 0.1) is 11.2 Å². The molecular formula is C15H20BrFN2O2. The maximum Gasteiger partial charge on any atom is 0.227 e. The predicted molar refractivity (Wildman–Crippen MR) is 82.4 cm³/mol. The molecule has 1 fully saturated rings. The Bertz CT molecular complexity index is 504. The Hall–Kier alpha value is -0.980. The molecular weight excluding hydrogens is 339 g/mol. The molecule has 1 aromatic rings. The van der Waals surface area contributed by atoms with Gasteiger partial charge in [0.15, 0.2) is 0 Å². The summed E-state index contributed by atoms with van der Waals surface area (Å²) in [6, 6.07) is 4.87. The molecule has 0 radical (unpaired) electrons. The van der Waals surface area contributed by atoms with Gasteiger partial charge in [-0.05, 0) is 52.9 Å². The second-order valence-corrected chi connectivity index (χ2v) is 6.21. The quantitative estimate of drug-likeness (QED) is 0.845. The first-order valence-corrected chi connectivity index (χ1v) is 7.87. The van der Waals surface area contributed by atoms with Gasteiger partial charge < -0.3 is 15.8 Å². The second-order valence-electron chi connectivity index (χ2n) is 5.35. The van der Waals surface area contributed by atoms with E-state index in [9.17, 15) is 9.18 Å². The minimum Gasteiger partial charge on any atom is -0.381 e. The van der Waals surface area contributed by atoms with E-state index in [0.29, 0.717) is 50.0 Å². The van der Waals surface area contributed by atoms with Crippen LogP contribution in [-0.4, -0.2) is 32.2 Å². The lowest BCUT2D eigenvalue weighted by molar-refractivity contribution is -0.135. The molecule has 0 aliphatic carbocycles. The minimum absolute atomic E-state index is 0.00511. The molecule has 1 aliphatic rings.